The first-order chi connectivity index (χ1) is 21.8. The number of aryl methyl sites for hydroxylation is 1. The van der Waals surface area contributed by atoms with Crippen LogP contribution in [0.25, 0.3) is 0 Å². The maximum absolute atomic E-state index is 13.1. The fraction of sp³-hybridized carbons (Fsp3) is 0.514. The Kier molecular flexibility index (Phi) is 9.60. The standard InChI is InChI=1S/C37H46N4O3S/c1-28-23-35(15-19-39-28)45(42,43)34-13-11-33(12-14-34)41-25-29(26-41)24-40-20-16-32(17-21-40)37(27-38,31-8-4-3-5-9-31)36-10-6-7-30(36)18-22-44-2/h3-5,8-9,11-15,19,23,29-30,32,36H,6-7,10,16-18,20-22,24-26H2,1-2H3/t30-,36+,37?/m0/s1. The van der Waals surface area contributed by atoms with Crippen LogP contribution in [0, 0.1) is 41.9 Å². The lowest BCUT2D eigenvalue weighted by Crippen LogP contribution is -2.54. The van der Waals surface area contributed by atoms with Crippen LogP contribution in [-0.4, -0.2) is 64.7 Å². The summed E-state index contributed by atoms with van der Waals surface area (Å²) in [4.78, 5) is 9.65. The molecule has 0 spiro atoms. The average molecular weight is 627 g/mol. The number of anilines is 1. The third-order valence-corrected chi connectivity index (χ3v) is 12.5. The van der Waals surface area contributed by atoms with Gasteiger partial charge in [0.25, 0.3) is 0 Å². The molecule has 1 aliphatic carbocycles. The molecule has 0 N–H and O–H groups in total. The van der Waals surface area contributed by atoms with Crippen molar-refractivity contribution in [2.75, 3.05) is 51.3 Å². The minimum Gasteiger partial charge on any atom is -0.385 e. The van der Waals surface area contributed by atoms with E-state index in [0.29, 0.717) is 34.3 Å². The van der Waals surface area contributed by atoms with Gasteiger partial charge in [-0.1, -0.05) is 43.2 Å². The average Bonchev–Trinajstić information content (AvgIpc) is 3.52. The van der Waals surface area contributed by atoms with Crippen molar-refractivity contribution in [2.24, 2.45) is 23.7 Å². The molecular formula is C37H46N4O3S. The van der Waals surface area contributed by atoms with E-state index in [9.17, 15) is 13.7 Å². The summed E-state index contributed by atoms with van der Waals surface area (Å²) in [6.07, 6.45) is 8.22. The Morgan fingerprint density at radius 3 is 2.38 bits per heavy atom. The number of rotatable bonds is 11. The first-order valence-electron chi connectivity index (χ1n) is 16.6. The zero-order valence-corrected chi connectivity index (χ0v) is 27.5. The number of benzene rings is 2. The van der Waals surface area contributed by atoms with E-state index in [-0.39, 0.29) is 4.90 Å². The number of aromatic nitrogens is 1. The number of methoxy groups -OCH3 is 1. The van der Waals surface area contributed by atoms with Crippen molar-refractivity contribution in [3.8, 4) is 6.07 Å². The molecule has 8 heteroatoms. The van der Waals surface area contributed by atoms with Crippen LogP contribution in [0.3, 0.4) is 0 Å². The number of likely N-dealkylation sites (tertiary alicyclic amines) is 1. The van der Waals surface area contributed by atoms with Gasteiger partial charge in [0.05, 0.1) is 21.3 Å². The SMILES string of the molecule is COCC[C@@H]1CCC[C@H]1C(C#N)(c1ccccc1)C1CCN(CC2CN(c3ccc(S(=O)(=O)c4ccnc(C)c4)cc3)C2)CC1. The van der Waals surface area contributed by atoms with Crippen molar-refractivity contribution in [3.05, 3.63) is 84.2 Å². The number of ether oxygens (including phenoxy) is 1. The third-order valence-electron chi connectivity index (χ3n) is 10.8. The molecule has 3 heterocycles. The fourth-order valence-corrected chi connectivity index (χ4v) is 9.78. The second-order valence-corrected chi connectivity index (χ2v) is 15.4. The highest BCUT2D eigenvalue weighted by Crippen LogP contribution is 2.53. The molecule has 45 heavy (non-hydrogen) atoms. The van der Waals surface area contributed by atoms with Gasteiger partial charge in [0.1, 0.15) is 0 Å². The summed E-state index contributed by atoms with van der Waals surface area (Å²) in [5.41, 5.74) is 2.52. The van der Waals surface area contributed by atoms with Crippen LogP contribution in [0.5, 0.6) is 0 Å². The minimum atomic E-state index is -3.56. The van der Waals surface area contributed by atoms with Crippen LogP contribution < -0.4 is 4.90 Å². The number of nitrogens with zero attached hydrogens (tertiary/aromatic N) is 4. The number of hydrogen-bond donors (Lipinski definition) is 0. The normalized spacial score (nSPS) is 22.9. The zero-order chi connectivity index (χ0) is 31.4. The highest BCUT2D eigenvalue weighted by atomic mass is 32.2. The van der Waals surface area contributed by atoms with E-state index in [1.165, 1.54) is 24.6 Å². The molecule has 0 radical (unpaired) electrons. The quantitative estimate of drug-likeness (QED) is 0.247. The summed E-state index contributed by atoms with van der Waals surface area (Å²) in [6, 6.07) is 24.1. The Bertz CT molecular complexity index is 1580. The minimum absolute atomic E-state index is 0.278. The molecular weight excluding hydrogens is 580 g/mol. The van der Waals surface area contributed by atoms with Gasteiger partial charge >= 0.3 is 0 Å². The van der Waals surface area contributed by atoms with Crippen molar-refractivity contribution in [1.29, 1.82) is 5.26 Å². The van der Waals surface area contributed by atoms with Crippen LogP contribution in [-0.2, 0) is 20.0 Å². The lowest BCUT2D eigenvalue weighted by atomic mass is 9.58. The molecule has 6 rings (SSSR count). The van der Waals surface area contributed by atoms with Gasteiger partial charge in [-0.3, -0.25) is 4.98 Å². The van der Waals surface area contributed by atoms with Crippen LogP contribution in [0.4, 0.5) is 5.69 Å². The van der Waals surface area contributed by atoms with Crippen molar-refractivity contribution in [3.63, 3.8) is 0 Å². The predicted molar refractivity (Wildman–Crippen MR) is 177 cm³/mol. The fourth-order valence-electron chi connectivity index (χ4n) is 8.45. The molecule has 3 aromatic rings. The maximum atomic E-state index is 13.1. The molecule has 3 atom stereocenters. The van der Waals surface area contributed by atoms with Crippen molar-refractivity contribution >= 4 is 15.5 Å². The Balaban J connectivity index is 1.06. The lowest BCUT2D eigenvalue weighted by Gasteiger charge is -2.48. The zero-order valence-electron chi connectivity index (χ0n) is 26.6. The van der Waals surface area contributed by atoms with Gasteiger partial charge in [-0.05, 0) is 105 Å². The monoisotopic (exact) mass is 626 g/mol. The maximum Gasteiger partial charge on any atom is 0.206 e. The van der Waals surface area contributed by atoms with Gasteiger partial charge in [0, 0.05) is 56.8 Å². The van der Waals surface area contributed by atoms with Gasteiger partial charge < -0.3 is 14.5 Å². The summed E-state index contributed by atoms with van der Waals surface area (Å²) in [6.45, 7) is 7.66. The molecule has 2 saturated heterocycles. The molecule has 1 aromatic heterocycles. The van der Waals surface area contributed by atoms with Crippen LogP contribution in [0.2, 0.25) is 0 Å². The van der Waals surface area contributed by atoms with E-state index >= 15 is 0 Å². The first-order valence-corrected chi connectivity index (χ1v) is 18.0. The molecule has 1 saturated carbocycles. The number of nitriles is 1. The Hall–Kier alpha value is -3.25. The summed E-state index contributed by atoms with van der Waals surface area (Å²) < 4.78 is 31.6. The first kappa shape index (κ1) is 31.7. The highest BCUT2D eigenvalue weighted by Gasteiger charge is 2.51. The lowest BCUT2D eigenvalue weighted by molar-refractivity contribution is 0.0820. The van der Waals surface area contributed by atoms with Crippen LogP contribution in [0.1, 0.15) is 49.8 Å². The van der Waals surface area contributed by atoms with Gasteiger partial charge in [-0.25, -0.2) is 8.42 Å². The molecule has 0 amide bonds. The number of sulfone groups is 1. The summed E-state index contributed by atoms with van der Waals surface area (Å²) in [5, 5.41) is 11.0. The molecule has 3 aliphatic rings. The predicted octanol–water partition coefficient (Wildman–Crippen LogP) is 6.29. The molecule has 3 fully saturated rings. The van der Waals surface area contributed by atoms with E-state index in [1.807, 2.05) is 12.1 Å². The van der Waals surface area contributed by atoms with Crippen LogP contribution in [0.15, 0.2) is 82.7 Å². The Labute approximate surface area is 269 Å². The van der Waals surface area contributed by atoms with Crippen molar-refractivity contribution < 1.29 is 13.2 Å². The van der Waals surface area contributed by atoms with Gasteiger partial charge in [-0.15, -0.1) is 0 Å². The van der Waals surface area contributed by atoms with Crippen molar-refractivity contribution in [1.82, 2.24) is 9.88 Å². The smallest absolute Gasteiger partial charge is 0.206 e. The van der Waals surface area contributed by atoms with E-state index in [2.05, 4.69) is 51.2 Å². The second-order valence-electron chi connectivity index (χ2n) is 13.4. The van der Waals surface area contributed by atoms with E-state index in [4.69, 9.17) is 4.74 Å². The van der Waals surface area contributed by atoms with E-state index in [1.54, 1.807) is 38.3 Å². The Morgan fingerprint density at radius 2 is 1.71 bits per heavy atom. The number of pyridine rings is 1. The number of piperidine rings is 1. The molecule has 2 aliphatic heterocycles. The number of hydrogen-bond acceptors (Lipinski definition) is 7. The highest BCUT2D eigenvalue weighted by molar-refractivity contribution is 7.91. The largest absolute Gasteiger partial charge is 0.385 e. The summed E-state index contributed by atoms with van der Waals surface area (Å²) in [5.74, 6) is 1.87. The van der Waals surface area contributed by atoms with Crippen molar-refractivity contribution in [2.45, 2.75) is 60.7 Å². The van der Waals surface area contributed by atoms with Gasteiger partial charge in [0.2, 0.25) is 9.84 Å². The molecule has 0 bridgehead atoms. The summed E-state index contributed by atoms with van der Waals surface area (Å²) in [7, 11) is -1.78. The van der Waals surface area contributed by atoms with E-state index < -0.39 is 15.3 Å². The second kappa shape index (κ2) is 13.6. The van der Waals surface area contributed by atoms with Crippen LogP contribution >= 0.6 is 0 Å². The molecule has 7 nitrogen and oxygen atoms in total. The van der Waals surface area contributed by atoms with E-state index in [0.717, 1.165) is 70.7 Å². The molecule has 2 aromatic carbocycles. The summed E-state index contributed by atoms with van der Waals surface area (Å²) >= 11 is 0. The molecule has 1 unspecified atom stereocenters. The molecule has 238 valence electrons. The van der Waals surface area contributed by atoms with Gasteiger partial charge in [0.15, 0.2) is 0 Å². The Morgan fingerprint density at radius 1 is 0.978 bits per heavy atom. The van der Waals surface area contributed by atoms with Gasteiger partial charge in [-0.2, -0.15) is 5.26 Å². The third kappa shape index (κ3) is 6.40. The topological polar surface area (TPSA) is 86.5 Å².